The van der Waals surface area contributed by atoms with E-state index in [1.807, 2.05) is 0 Å². The first-order chi connectivity index (χ1) is 8.99. The SMILES string of the molecule is CCC(F)(F)C(F)(F)COc1ccc(C(F)(F)F)cn1. The summed E-state index contributed by atoms with van der Waals surface area (Å²) in [6, 6.07) is 1.24. The van der Waals surface area contributed by atoms with Crippen molar-refractivity contribution in [3.05, 3.63) is 23.9 Å². The molecule has 1 heterocycles. The predicted molar refractivity (Wildman–Crippen MR) is 54.9 cm³/mol. The van der Waals surface area contributed by atoms with E-state index in [0.29, 0.717) is 18.3 Å². The summed E-state index contributed by atoms with van der Waals surface area (Å²) in [6.07, 6.45) is -5.36. The number of hydrogen-bond acceptors (Lipinski definition) is 2. The summed E-state index contributed by atoms with van der Waals surface area (Å²) in [6.45, 7) is -0.795. The average molecular weight is 305 g/mol. The number of halogens is 7. The predicted octanol–water partition coefficient (Wildman–Crippen LogP) is 4.16. The Morgan fingerprint density at radius 2 is 1.60 bits per heavy atom. The molecule has 1 aromatic rings. The number of alkyl halides is 7. The quantitative estimate of drug-likeness (QED) is 0.762. The Kier molecular flexibility index (Phi) is 4.50. The summed E-state index contributed by atoms with van der Waals surface area (Å²) in [5, 5.41) is 0. The molecule has 0 radical (unpaired) electrons. The summed E-state index contributed by atoms with van der Waals surface area (Å²) in [4.78, 5) is 3.14. The first-order valence-electron chi connectivity index (χ1n) is 5.41. The van der Waals surface area contributed by atoms with Crippen LogP contribution in [0.3, 0.4) is 0 Å². The summed E-state index contributed by atoms with van der Waals surface area (Å²) in [5.74, 6) is -9.30. The Bertz CT molecular complexity index is 441. The van der Waals surface area contributed by atoms with Crippen molar-refractivity contribution < 1.29 is 35.5 Å². The van der Waals surface area contributed by atoms with Crippen molar-refractivity contribution in [2.45, 2.75) is 31.4 Å². The fourth-order valence-electron chi connectivity index (χ4n) is 1.16. The number of aromatic nitrogens is 1. The Balaban J connectivity index is 2.72. The van der Waals surface area contributed by atoms with Gasteiger partial charge in [-0.2, -0.15) is 30.7 Å². The van der Waals surface area contributed by atoms with E-state index in [9.17, 15) is 30.7 Å². The van der Waals surface area contributed by atoms with Crippen molar-refractivity contribution in [3.63, 3.8) is 0 Å². The third-order valence-electron chi connectivity index (χ3n) is 2.44. The molecule has 20 heavy (non-hydrogen) atoms. The van der Waals surface area contributed by atoms with E-state index >= 15 is 0 Å². The smallest absolute Gasteiger partial charge is 0.417 e. The Labute approximate surface area is 109 Å². The maximum atomic E-state index is 13.1. The van der Waals surface area contributed by atoms with E-state index in [0.717, 1.165) is 6.92 Å². The van der Waals surface area contributed by atoms with Crippen LogP contribution in [0.4, 0.5) is 30.7 Å². The number of hydrogen-bond donors (Lipinski definition) is 0. The maximum absolute atomic E-state index is 13.1. The molecule has 0 saturated carbocycles. The highest BCUT2D eigenvalue weighted by Crippen LogP contribution is 2.37. The minimum Gasteiger partial charge on any atom is -0.471 e. The highest BCUT2D eigenvalue weighted by Gasteiger charge is 2.55. The van der Waals surface area contributed by atoms with Gasteiger partial charge < -0.3 is 4.74 Å². The van der Waals surface area contributed by atoms with Crippen molar-refractivity contribution >= 4 is 0 Å². The molecule has 0 bridgehead atoms. The van der Waals surface area contributed by atoms with Crippen LogP contribution in [-0.2, 0) is 6.18 Å². The molecule has 0 saturated heterocycles. The van der Waals surface area contributed by atoms with Crippen LogP contribution in [0.5, 0.6) is 5.88 Å². The molecule has 0 amide bonds. The topological polar surface area (TPSA) is 22.1 Å². The van der Waals surface area contributed by atoms with Gasteiger partial charge in [0.1, 0.15) is 0 Å². The third kappa shape index (κ3) is 3.73. The minimum absolute atomic E-state index is 0.367. The van der Waals surface area contributed by atoms with Gasteiger partial charge in [-0.3, -0.25) is 0 Å². The average Bonchev–Trinajstić information content (AvgIpc) is 2.35. The first-order valence-corrected chi connectivity index (χ1v) is 5.41. The van der Waals surface area contributed by atoms with Crippen molar-refractivity contribution in [3.8, 4) is 5.88 Å². The molecular weight excluding hydrogens is 295 g/mol. The Hall–Kier alpha value is -1.54. The summed E-state index contributed by atoms with van der Waals surface area (Å²) < 4.78 is 92.8. The van der Waals surface area contributed by atoms with Crippen LogP contribution in [0, 0.1) is 0 Å². The standard InChI is InChI=1S/C11H10F7NO/c1-2-9(12,13)10(14,15)6-20-8-4-3-7(5-19-8)11(16,17)18/h3-5H,2,6H2,1H3. The molecule has 1 aromatic heterocycles. The van der Waals surface area contributed by atoms with Crippen LogP contribution in [0.15, 0.2) is 18.3 Å². The second-order valence-corrected chi connectivity index (χ2v) is 3.93. The zero-order chi connectivity index (χ0) is 15.6. The van der Waals surface area contributed by atoms with Gasteiger partial charge in [0.25, 0.3) is 0 Å². The Morgan fingerprint density at radius 1 is 1.00 bits per heavy atom. The summed E-state index contributed by atoms with van der Waals surface area (Å²) in [5.41, 5.74) is -1.10. The zero-order valence-electron chi connectivity index (χ0n) is 10.1. The zero-order valence-corrected chi connectivity index (χ0v) is 10.1. The monoisotopic (exact) mass is 305 g/mol. The molecule has 0 aliphatic heterocycles. The Morgan fingerprint density at radius 3 is 2.00 bits per heavy atom. The van der Waals surface area contributed by atoms with Gasteiger partial charge in [0, 0.05) is 18.7 Å². The lowest BCUT2D eigenvalue weighted by molar-refractivity contribution is -0.222. The summed E-state index contributed by atoms with van der Waals surface area (Å²) >= 11 is 0. The van der Waals surface area contributed by atoms with Gasteiger partial charge in [0.15, 0.2) is 6.61 Å². The van der Waals surface area contributed by atoms with Crippen molar-refractivity contribution in [1.29, 1.82) is 0 Å². The second kappa shape index (κ2) is 5.45. The minimum atomic E-state index is -4.63. The van der Waals surface area contributed by atoms with E-state index in [1.54, 1.807) is 0 Å². The molecule has 0 aliphatic rings. The molecule has 0 N–H and O–H groups in total. The largest absolute Gasteiger partial charge is 0.471 e. The van der Waals surface area contributed by atoms with E-state index in [2.05, 4.69) is 9.72 Å². The molecule has 0 aromatic carbocycles. The second-order valence-electron chi connectivity index (χ2n) is 3.93. The van der Waals surface area contributed by atoms with Crippen molar-refractivity contribution in [2.75, 3.05) is 6.61 Å². The van der Waals surface area contributed by atoms with Gasteiger partial charge in [0.2, 0.25) is 5.88 Å². The first kappa shape index (κ1) is 16.5. The number of pyridine rings is 1. The lowest BCUT2D eigenvalue weighted by Gasteiger charge is -2.25. The van der Waals surface area contributed by atoms with Crippen LogP contribution >= 0.6 is 0 Å². The van der Waals surface area contributed by atoms with Crippen LogP contribution in [-0.4, -0.2) is 23.4 Å². The fraction of sp³-hybridized carbons (Fsp3) is 0.545. The van der Waals surface area contributed by atoms with Gasteiger partial charge in [-0.15, -0.1) is 0 Å². The van der Waals surface area contributed by atoms with E-state index in [-0.39, 0.29) is 0 Å². The highest BCUT2D eigenvalue weighted by molar-refractivity contribution is 5.20. The van der Waals surface area contributed by atoms with E-state index in [1.165, 1.54) is 0 Å². The van der Waals surface area contributed by atoms with Crippen molar-refractivity contribution in [1.82, 2.24) is 4.98 Å². The molecule has 0 aliphatic carbocycles. The fourth-order valence-corrected chi connectivity index (χ4v) is 1.16. The summed E-state index contributed by atoms with van der Waals surface area (Å²) in [7, 11) is 0. The molecule has 0 fully saturated rings. The van der Waals surface area contributed by atoms with Gasteiger partial charge in [-0.1, -0.05) is 6.92 Å². The lowest BCUT2D eigenvalue weighted by atomic mass is 10.1. The highest BCUT2D eigenvalue weighted by atomic mass is 19.4. The van der Waals surface area contributed by atoms with Crippen LogP contribution in [0.1, 0.15) is 18.9 Å². The lowest BCUT2D eigenvalue weighted by Crippen LogP contribution is -2.44. The normalized spacial score (nSPS) is 13.4. The molecule has 0 spiro atoms. The van der Waals surface area contributed by atoms with Crippen LogP contribution in [0.25, 0.3) is 0 Å². The van der Waals surface area contributed by atoms with Crippen LogP contribution in [0.2, 0.25) is 0 Å². The van der Waals surface area contributed by atoms with Gasteiger partial charge >= 0.3 is 18.0 Å². The molecule has 9 heteroatoms. The van der Waals surface area contributed by atoms with E-state index < -0.39 is 42.5 Å². The molecule has 114 valence electrons. The maximum Gasteiger partial charge on any atom is 0.417 e. The van der Waals surface area contributed by atoms with Gasteiger partial charge in [-0.25, -0.2) is 4.98 Å². The van der Waals surface area contributed by atoms with Crippen molar-refractivity contribution in [2.24, 2.45) is 0 Å². The molecule has 2 nitrogen and oxygen atoms in total. The van der Waals surface area contributed by atoms with Crippen LogP contribution < -0.4 is 4.74 Å². The number of ether oxygens (including phenoxy) is 1. The molecule has 1 rings (SSSR count). The molecule has 0 unspecified atom stereocenters. The third-order valence-corrected chi connectivity index (χ3v) is 2.44. The molecular formula is C11H10F7NO. The van der Waals surface area contributed by atoms with E-state index in [4.69, 9.17) is 0 Å². The molecule has 0 atom stereocenters. The number of nitrogens with zero attached hydrogens (tertiary/aromatic N) is 1. The van der Waals surface area contributed by atoms with Gasteiger partial charge in [-0.05, 0) is 6.07 Å². The number of rotatable bonds is 5. The van der Waals surface area contributed by atoms with Gasteiger partial charge in [0.05, 0.1) is 5.56 Å².